The van der Waals surface area contributed by atoms with Gasteiger partial charge in [-0.2, -0.15) is 5.10 Å². The molecule has 2 aromatic carbocycles. The van der Waals surface area contributed by atoms with E-state index in [0.717, 1.165) is 5.56 Å². The number of nitrogens with zero attached hydrogens (tertiary/aromatic N) is 3. The molecule has 1 aliphatic heterocycles. The highest BCUT2D eigenvalue weighted by Crippen LogP contribution is 2.33. The highest BCUT2D eigenvalue weighted by atomic mass is 35.5. The minimum atomic E-state index is -0.351. The van der Waals surface area contributed by atoms with Crippen molar-refractivity contribution in [3.05, 3.63) is 77.4 Å². The van der Waals surface area contributed by atoms with Crippen LogP contribution in [-0.4, -0.2) is 45.3 Å². The predicted molar refractivity (Wildman–Crippen MR) is 115 cm³/mol. The van der Waals surface area contributed by atoms with E-state index >= 15 is 0 Å². The van der Waals surface area contributed by atoms with Gasteiger partial charge in [-0.05, 0) is 48.7 Å². The Morgan fingerprint density at radius 2 is 1.97 bits per heavy atom. The zero-order chi connectivity index (χ0) is 20.5. The first kappa shape index (κ1) is 21.8. The first-order valence-corrected chi connectivity index (χ1v) is 9.57. The molecule has 3 N–H and O–H groups in total. The number of likely N-dealkylation sites (tertiary alicyclic amines) is 1. The van der Waals surface area contributed by atoms with E-state index < -0.39 is 0 Å². The molecule has 0 bridgehead atoms. The Morgan fingerprint density at radius 3 is 2.63 bits per heavy atom. The van der Waals surface area contributed by atoms with Crippen LogP contribution in [0.1, 0.15) is 27.5 Å². The third kappa shape index (κ3) is 4.04. The van der Waals surface area contributed by atoms with Gasteiger partial charge >= 0.3 is 0 Å². The van der Waals surface area contributed by atoms with Crippen LogP contribution in [0.5, 0.6) is 5.75 Å². The van der Waals surface area contributed by atoms with Crippen LogP contribution in [0, 0.1) is 18.7 Å². The summed E-state index contributed by atoms with van der Waals surface area (Å²) >= 11 is 0. The quantitative estimate of drug-likeness (QED) is 0.665. The highest BCUT2D eigenvalue weighted by molar-refractivity contribution is 5.95. The third-order valence-electron chi connectivity index (χ3n) is 5.56. The number of aryl methyl sites for hydroxylation is 1. The summed E-state index contributed by atoms with van der Waals surface area (Å²) in [4.78, 5) is 14.8. The van der Waals surface area contributed by atoms with E-state index in [1.54, 1.807) is 17.9 Å². The second-order valence-corrected chi connectivity index (χ2v) is 7.46. The summed E-state index contributed by atoms with van der Waals surface area (Å²) in [6.45, 7) is 3.25. The number of rotatable bonds is 4. The van der Waals surface area contributed by atoms with Crippen molar-refractivity contribution >= 4 is 18.3 Å². The topological polar surface area (TPSA) is 84.4 Å². The number of nitrogens with two attached hydrogens (primary N) is 1. The molecule has 4 rings (SSSR count). The van der Waals surface area contributed by atoms with Gasteiger partial charge < -0.3 is 15.7 Å². The number of hydrogen-bond acceptors (Lipinski definition) is 4. The van der Waals surface area contributed by atoms with E-state index in [4.69, 9.17) is 5.73 Å². The maximum Gasteiger partial charge on any atom is 0.278 e. The molecule has 2 heterocycles. The molecule has 1 amide bonds. The molecule has 0 radical (unpaired) electrons. The molecule has 1 aromatic heterocycles. The first-order chi connectivity index (χ1) is 14.0. The van der Waals surface area contributed by atoms with E-state index in [1.165, 1.54) is 23.0 Å². The van der Waals surface area contributed by atoms with Crippen LogP contribution >= 0.6 is 12.4 Å². The van der Waals surface area contributed by atoms with Gasteiger partial charge in [-0.15, -0.1) is 12.4 Å². The fraction of sp³-hybridized carbons (Fsp3) is 0.273. The molecule has 30 heavy (non-hydrogen) atoms. The molecule has 0 saturated carbocycles. The van der Waals surface area contributed by atoms with Crippen molar-refractivity contribution in [3.63, 3.8) is 0 Å². The molecule has 0 spiro atoms. The lowest BCUT2D eigenvalue weighted by Gasteiger charge is -2.16. The maximum absolute atomic E-state index is 13.4. The Morgan fingerprint density at radius 1 is 1.23 bits per heavy atom. The summed E-state index contributed by atoms with van der Waals surface area (Å²) in [6, 6.07) is 14.3. The van der Waals surface area contributed by atoms with Gasteiger partial charge in [-0.1, -0.05) is 30.3 Å². The zero-order valence-electron chi connectivity index (χ0n) is 16.5. The molecule has 3 aromatic rings. The Hall–Kier alpha value is -2.90. The molecular formula is C22H24ClFN4O2. The predicted octanol–water partition coefficient (Wildman–Crippen LogP) is 3.26. The van der Waals surface area contributed by atoms with E-state index in [2.05, 4.69) is 5.10 Å². The molecule has 6 nitrogen and oxygen atoms in total. The lowest BCUT2D eigenvalue weighted by molar-refractivity contribution is 0.0777. The van der Waals surface area contributed by atoms with E-state index in [0.29, 0.717) is 30.9 Å². The van der Waals surface area contributed by atoms with Gasteiger partial charge in [0.25, 0.3) is 5.91 Å². The van der Waals surface area contributed by atoms with Crippen molar-refractivity contribution in [1.29, 1.82) is 0 Å². The van der Waals surface area contributed by atoms with E-state index in [-0.39, 0.29) is 47.4 Å². The summed E-state index contributed by atoms with van der Waals surface area (Å²) in [5.41, 5.74) is 8.35. The average Bonchev–Trinajstić information content (AvgIpc) is 3.32. The van der Waals surface area contributed by atoms with Crippen molar-refractivity contribution in [2.75, 3.05) is 19.6 Å². The van der Waals surface area contributed by atoms with Crippen molar-refractivity contribution in [3.8, 4) is 11.4 Å². The minimum absolute atomic E-state index is 0. The van der Waals surface area contributed by atoms with Crippen LogP contribution in [0.4, 0.5) is 4.39 Å². The average molecular weight is 431 g/mol. The molecular weight excluding hydrogens is 407 g/mol. The summed E-state index contributed by atoms with van der Waals surface area (Å²) in [5.74, 6) is -0.599. The number of aromatic hydroxyl groups is 1. The summed E-state index contributed by atoms with van der Waals surface area (Å²) < 4.78 is 14.8. The number of amides is 1. The number of carbonyl (C=O) groups excluding carboxylic acids is 1. The molecule has 158 valence electrons. The van der Waals surface area contributed by atoms with Gasteiger partial charge in [-0.25, -0.2) is 9.07 Å². The number of hydrogen-bond donors (Lipinski definition) is 2. The third-order valence-corrected chi connectivity index (χ3v) is 5.56. The van der Waals surface area contributed by atoms with Crippen LogP contribution in [0.2, 0.25) is 0 Å². The van der Waals surface area contributed by atoms with Crippen molar-refractivity contribution < 1.29 is 14.3 Å². The molecule has 1 saturated heterocycles. The molecule has 1 fully saturated rings. The smallest absolute Gasteiger partial charge is 0.278 e. The van der Waals surface area contributed by atoms with Crippen molar-refractivity contribution in [2.45, 2.75) is 12.8 Å². The van der Waals surface area contributed by atoms with Gasteiger partial charge in [0, 0.05) is 19.0 Å². The second-order valence-electron chi connectivity index (χ2n) is 7.46. The van der Waals surface area contributed by atoms with Crippen LogP contribution in [-0.2, 0) is 0 Å². The fourth-order valence-corrected chi connectivity index (χ4v) is 4.02. The lowest BCUT2D eigenvalue weighted by Crippen LogP contribution is -2.30. The van der Waals surface area contributed by atoms with Crippen LogP contribution in [0.3, 0.4) is 0 Å². The lowest BCUT2D eigenvalue weighted by atomic mass is 9.89. The minimum Gasteiger partial charge on any atom is -0.504 e. The Kier molecular flexibility index (Phi) is 6.43. The van der Waals surface area contributed by atoms with Gasteiger partial charge in [-0.3, -0.25) is 4.79 Å². The molecule has 1 aliphatic rings. The van der Waals surface area contributed by atoms with Gasteiger partial charge in [0.1, 0.15) is 5.82 Å². The monoisotopic (exact) mass is 430 g/mol. The largest absolute Gasteiger partial charge is 0.504 e. The summed E-state index contributed by atoms with van der Waals surface area (Å²) in [5, 5.41) is 14.6. The highest BCUT2D eigenvalue weighted by Gasteiger charge is 2.37. The maximum atomic E-state index is 13.4. The number of benzene rings is 2. The van der Waals surface area contributed by atoms with Gasteiger partial charge in [0.2, 0.25) is 0 Å². The van der Waals surface area contributed by atoms with Crippen molar-refractivity contribution in [2.24, 2.45) is 11.7 Å². The molecule has 8 heteroatoms. The normalized spacial score (nSPS) is 18.3. The van der Waals surface area contributed by atoms with E-state index in [1.807, 2.05) is 30.3 Å². The second kappa shape index (κ2) is 8.85. The molecule has 0 aliphatic carbocycles. The van der Waals surface area contributed by atoms with Crippen LogP contribution in [0.25, 0.3) is 5.69 Å². The number of halogens is 2. The van der Waals surface area contributed by atoms with Gasteiger partial charge in [0.15, 0.2) is 11.4 Å². The standard InChI is InChI=1S/C22H23FN4O2.ClH/c1-14-9-17(23)7-8-19(14)27-13-20(28)21(25-27)22(29)26-11-16(10-24)18(12-26)15-5-3-2-4-6-15;/h2-9,13,16,18,28H,10-12,24H2,1H3;1H/t16-,18+;/m1./s1. The Bertz CT molecular complexity index is 1040. The van der Waals surface area contributed by atoms with Crippen LogP contribution in [0.15, 0.2) is 54.7 Å². The first-order valence-electron chi connectivity index (χ1n) is 9.57. The number of carbonyl (C=O) groups is 1. The summed E-state index contributed by atoms with van der Waals surface area (Å²) in [6.07, 6.45) is 1.37. The van der Waals surface area contributed by atoms with Crippen LogP contribution < -0.4 is 5.73 Å². The molecule has 0 unspecified atom stereocenters. The van der Waals surface area contributed by atoms with E-state index in [9.17, 15) is 14.3 Å². The molecule has 2 atom stereocenters. The Labute approximate surface area is 180 Å². The Balaban J connectivity index is 0.00000256. The zero-order valence-corrected chi connectivity index (χ0v) is 17.3. The van der Waals surface area contributed by atoms with Crippen molar-refractivity contribution in [1.82, 2.24) is 14.7 Å². The van der Waals surface area contributed by atoms with Gasteiger partial charge in [0.05, 0.1) is 11.9 Å². The fourth-order valence-electron chi connectivity index (χ4n) is 4.02. The summed E-state index contributed by atoms with van der Waals surface area (Å²) in [7, 11) is 0. The SMILES string of the molecule is Cc1cc(F)ccc1-n1cc(O)c(C(=O)N2C[C@@H](CN)[C@H](c3ccccc3)C2)n1.Cl. The number of aromatic nitrogens is 2.